The Morgan fingerprint density at radius 2 is 0.532 bits per heavy atom. The molecule has 0 fully saturated rings. The highest BCUT2D eigenvalue weighted by atomic mass is 16.6. The number of rotatable bonds is 50. The second kappa shape index (κ2) is 48.9. The fraction of sp³-hybridized carbons (Fsp3) is 0.946. The van der Waals surface area contributed by atoms with Crippen LogP contribution in [0.3, 0.4) is 0 Å². The van der Waals surface area contributed by atoms with Gasteiger partial charge in [0.25, 0.3) is 0 Å². The molecule has 0 spiro atoms. The van der Waals surface area contributed by atoms with Gasteiger partial charge >= 0.3 is 17.9 Å². The lowest BCUT2D eigenvalue weighted by molar-refractivity contribution is -0.167. The molecule has 0 aliphatic rings. The third-order valence-electron chi connectivity index (χ3n) is 12.7. The SMILES string of the molecule is CCCCCCCCCCCCCCCCCC(=O)OC[C@H](COC(=O)CCCCCCCCCCCCCCCC(C)C)OC(=O)CCCCCCCCCCCCC(C)C. The number of carbonyl (C=O) groups is 3. The summed E-state index contributed by atoms with van der Waals surface area (Å²) in [5.41, 5.74) is 0. The van der Waals surface area contributed by atoms with E-state index in [0.29, 0.717) is 19.3 Å². The van der Waals surface area contributed by atoms with Gasteiger partial charge < -0.3 is 14.2 Å². The smallest absolute Gasteiger partial charge is 0.306 e. The molecular weight excluding hydrogens is 769 g/mol. The number of unbranched alkanes of at least 4 members (excludes halogenated alkanes) is 35. The van der Waals surface area contributed by atoms with Crippen LogP contribution in [0.25, 0.3) is 0 Å². The molecule has 0 heterocycles. The predicted molar refractivity (Wildman–Crippen MR) is 266 cm³/mol. The van der Waals surface area contributed by atoms with Crippen molar-refractivity contribution in [3.63, 3.8) is 0 Å². The van der Waals surface area contributed by atoms with E-state index in [1.807, 2.05) is 0 Å². The van der Waals surface area contributed by atoms with E-state index in [1.165, 1.54) is 199 Å². The normalized spacial score (nSPS) is 12.0. The van der Waals surface area contributed by atoms with Crippen LogP contribution in [0.4, 0.5) is 0 Å². The summed E-state index contributed by atoms with van der Waals surface area (Å²) in [6, 6.07) is 0. The lowest BCUT2D eigenvalue weighted by Gasteiger charge is -2.18. The van der Waals surface area contributed by atoms with E-state index in [2.05, 4.69) is 34.6 Å². The Hall–Kier alpha value is -1.59. The molecular formula is C56H108O6. The molecule has 0 amide bonds. The van der Waals surface area contributed by atoms with Gasteiger partial charge in [0.15, 0.2) is 6.10 Å². The van der Waals surface area contributed by atoms with Crippen molar-refractivity contribution in [3.05, 3.63) is 0 Å². The fourth-order valence-electron chi connectivity index (χ4n) is 8.52. The van der Waals surface area contributed by atoms with Crippen molar-refractivity contribution in [2.24, 2.45) is 11.8 Å². The van der Waals surface area contributed by atoms with E-state index in [4.69, 9.17) is 14.2 Å². The molecule has 0 aromatic rings. The monoisotopic (exact) mass is 877 g/mol. The Bertz CT molecular complexity index is 947. The fourth-order valence-corrected chi connectivity index (χ4v) is 8.52. The summed E-state index contributed by atoms with van der Waals surface area (Å²) in [4.78, 5) is 38.1. The maximum atomic E-state index is 12.8. The molecule has 0 aliphatic heterocycles. The third kappa shape index (κ3) is 49.4. The van der Waals surface area contributed by atoms with Crippen molar-refractivity contribution in [1.29, 1.82) is 0 Å². The van der Waals surface area contributed by atoms with Crippen molar-refractivity contribution in [2.75, 3.05) is 13.2 Å². The van der Waals surface area contributed by atoms with Crippen LogP contribution in [0.1, 0.15) is 311 Å². The van der Waals surface area contributed by atoms with Crippen LogP contribution < -0.4 is 0 Å². The number of ether oxygens (including phenoxy) is 3. The van der Waals surface area contributed by atoms with Crippen molar-refractivity contribution in [3.8, 4) is 0 Å². The van der Waals surface area contributed by atoms with E-state index in [9.17, 15) is 14.4 Å². The summed E-state index contributed by atoms with van der Waals surface area (Å²) in [5.74, 6) is 0.813. The Balaban J connectivity index is 4.30. The van der Waals surface area contributed by atoms with Crippen LogP contribution in [0.2, 0.25) is 0 Å². The third-order valence-corrected chi connectivity index (χ3v) is 12.7. The molecule has 6 nitrogen and oxygen atoms in total. The second-order valence-corrected chi connectivity index (χ2v) is 20.2. The van der Waals surface area contributed by atoms with E-state index < -0.39 is 6.10 Å². The standard InChI is InChI=1S/C56H108O6/c1-6-7-8-9-10-11-12-13-14-17-20-26-31-36-41-46-54(57)60-49-53(62-56(59)48-43-38-33-28-23-22-25-30-35-40-45-52(4)5)50-61-55(58)47-42-37-32-27-21-18-15-16-19-24-29-34-39-44-51(2)3/h51-53H,6-50H2,1-5H3/t53-/m1/s1. The summed E-state index contributed by atoms with van der Waals surface area (Å²) < 4.78 is 16.9. The Labute approximate surface area is 387 Å². The minimum Gasteiger partial charge on any atom is -0.462 e. The number of carbonyl (C=O) groups excluding carboxylic acids is 3. The van der Waals surface area contributed by atoms with E-state index in [0.717, 1.165) is 69.6 Å². The van der Waals surface area contributed by atoms with Gasteiger partial charge in [-0.2, -0.15) is 0 Å². The van der Waals surface area contributed by atoms with Gasteiger partial charge in [-0.15, -0.1) is 0 Å². The number of esters is 3. The maximum absolute atomic E-state index is 12.8. The molecule has 0 aromatic carbocycles. The first-order chi connectivity index (χ1) is 30.2. The first-order valence-corrected chi connectivity index (χ1v) is 27.7. The van der Waals surface area contributed by atoms with Crippen LogP contribution in [-0.4, -0.2) is 37.2 Å². The minimum absolute atomic E-state index is 0.0631. The van der Waals surface area contributed by atoms with Gasteiger partial charge in [0.05, 0.1) is 0 Å². The summed E-state index contributed by atoms with van der Waals surface area (Å²) in [6.07, 6.45) is 50.9. The Morgan fingerprint density at radius 3 is 0.790 bits per heavy atom. The topological polar surface area (TPSA) is 78.9 Å². The van der Waals surface area contributed by atoms with Gasteiger partial charge in [0.1, 0.15) is 13.2 Å². The molecule has 6 heteroatoms. The molecule has 0 aromatic heterocycles. The van der Waals surface area contributed by atoms with Gasteiger partial charge in [-0.05, 0) is 31.1 Å². The quantitative estimate of drug-likeness (QED) is 0.0344. The molecule has 0 N–H and O–H groups in total. The van der Waals surface area contributed by atoms with Crippen LogP contribution in [-0.2, 0) is 28.6 Å². The van der Waals surface area contributed by atoms with E-state index >= 15 is 0 Å². The summed E-state index contributed by atoms with van der Waals surface area (Å²) >= 11 is 0. The summed E-state index contributed by atoms with van der Waals surface area (Å²) in [6.45, 7) is 11.4. The lowest BCUT2D eigenvalue weighted by Crippen LogP contribution is -2.30. The Morgan fingerprint density at radius 1 is 0.306 bits per heavy atom. The van der Waals surface area contributed by atoms with Crippen LogP contribution in [0, 0.1) is 11.8 Å². The molecule has 0 saturated heterocycles. The molecule has 0 aliphatic carbocycles. The molecule has 0 radical (unpaired) electrons. The molecule has 368 valence electrons. The van der Waals surface area contributed by atoms with Gasteiger partial charge in [-0.3, -0.25) is 14.4 Å². The van der Waals surface area contributed by atoms with Gasteiger partial charge in [-0.1, -0.05) is 272 Å². The number of hydrogen-bond donors (Lipinski definition) is 0. The van der Waals surface area contributed by atoms with E-state index in [1.54, 1.807) is 0 Å². The van der Waals surface area contributed by atoms with Gasteiger partial charge in [0.2, 0.25) is 0 Å². The predicted octanol–water partition coefficient (Wildman–Crippen LogP) is 18.1. The summed E-state index contributed by atoms with van der Waals surface area (Å²) in [5, 5.41) is 0. The first-order valence-electron chi connectivity index (χ1n) is 27.7. The molecule has 0 rings (SSSR count). The molecule has 0 unspecified atom stereocenters. The zero-order chi connectivity index (χ0) is 45.4. The van der Waals surface area contributed by atoms with Crippen molar-refractivity contribution < 1.29 is 28.6 Å². The highest BCUT2D eigenvalue weighted by Crippen LogP contribution is 2.18. The van der Waals surface area contributed by atoms with Gasteiger partial charge in [-0.25, -0.2) is 0 Å². The second-order valence-electron chi connectivity index (χ2n) is 20.2. The van der Waals surface area contributed by atoms with Crippen molar-refractivity contribution in [1.82, 2.24) is 0 Å². The molecule has 0 saturated carbocycles. The van der Waals surface area contributed by atoms with Crippen LogP contribution in [0.15, 0.2) is 0 Å². The zero-order valence-corrected chi connectivity index (χ0v) is 42.5. The van der Waals surface area contributed by atoms with Crippen molar-refractivity contribution >= 4 is 17.9 Å². The molecule has 0 bridgehead atoms. The van der Waals surface area contributed by atoms with Crippen LogP contribution >= 0.6 is 0 Å². The average molecular weight is 877 g/mol. The zero-order valence-electron chi connectivity index (χ0n) is 42.5. The average Bonchev–Trinajstić information content (AvgIpc) is 3.24. The Kier molecular flexibility index (Phi) is 47.6. The molecule has 1 atom stereocenters. The lowest BCUT2D eigenvalue weighted by atomic mass is 10.0. The molecule has 62 heavy (non-hydrogen) atoms. The first kappa shape index (κ1) is 60.4. The highest BCUT2D eigenvalue weighted by molar-refractivity contribution is 5.71. The number of hydrogen-bond acceptors (Lipinski definition) is 6. The highest BCUT2D eigenvalue weighted by Gasteiger charge is 2.19. The summed E-state index contributed by atoms with van der Waals surface area (Å²) in [7, 11) is 0. The van der Waals surface area contributed by atoms with Crippen molar-refractivity contribution in [2.45, 2.75) is 317 Å². The van der Waals surface area contributed by atoms with Crippen LogP contribution in [0.5, 0.6) is 0 Å². The van der Waals surface area contributed by atoms with E-state index in [-0.39, 0.29) is 31.1 Å². The van der Waals surface area contributed by atoms with Gasteiger partial charge in [0, 0.05) is 19.3 Å². The largest absolute Gasteiger partial charge is 0.462 e. The minimum atomic E-state index is -0.762. The maximum Gasteiger partial charge on any atom is 0.306 e.